The minimum absolute atomic E-state index is 0.120. The molecular weight excluding hydrogens is 274 g/mol. The van der Waals surface area contributed by atoms with Crippen LogP contribution in [0.3, 0.4) is 0 Å². The van der Waals surface area contributed by atoms with Crippen molar-refractivity contribution in [3.8, 4) is 0 Å². The van der Waals surface area contributed by atoms with E-state index in [-0.39, 0.29) is 11.3 Å². The highest BCUT2D eigenvalue weighted by atomic mass is 16.6. The van der Waals surface area contributed by atoms with E-state index in [1.807, 2.05) is 0 Å². The maximum absolute atomic E-state index is 11.1. The van der Waals surface area contributed by atoms with E-state index in [0.29, 0.717) is 24.9 Å². The molecule has 0 saturated heterocycles. The van der Waals surface area contributed by atoms with E-state index in [1.165, 1.54) is 31.0 Å². The van der Waals surface area contributed by atoms with Gasteiger partial charge in [-0.25, -0.2) is 0 Å². The van der Waals surface area contributed by atoms with Gasteiger partial charge in [0.1, 0.15) is 5.69 Å². The van der Waals surface area contributed by atoms with E-state index < -0.39 is 10.8 Å². The SMILES string of the molecule is NC(=O)c1ccc(NCCOC2CCCC2)c([N+](=O)[O-])c1. The molecule has 0 aliphatic heterocycles. The molecule has 21 heavy (non-hydrogen) atoms. The molecule has 1 amide bonds. The second-order valence-corrected chi connectivity index (χ2v) is 5.06. The first-order chi connectivity index (χ1) is 10.1. The lowest BCUT2D eigenvalue weighted by atomic mass is 10.1. The summed E-state index contributed by atoms with van der Waals surface area (Å²) in [5.74, 6) is -0.686. The first kappa shape index (κ1) is 15.2. The molecule has 1 aliphatic rings. The summed E-state index contributed by atoms with van der Waals surface area (Å²) in [4.78, 5) is 21.5. The van der Waals surface area contributed by atoms with Crippen LogP contribution in [0.2, 0.25) is 0 Å². The van der Waals surface area contributed by atoms with Crippen LogP contribution < -0.4 is 11.1 Å². The molecule has 3 N–H and O–H groups in total. The Balaban J connectivity index is 1.92. The van der Waals surface area contributed by atoms with E-state index in [2.05, 4.69) is 5.32 Å². The maximum atomic E-state index is 11.1. The van der Waals surface area contributed by atoms with Gasteiger partial charge in [-0.1, -0.05) is 12.8 Å². The molecule has 0 aromatic heterocycles. The lowest BCUT2D eigenvalue weighted by molar-refractivity contribution is -0.384. The molecule has 0 atom stereocenters. The van der Waals surface area contributed by atoms with Crippen LogP contribution in [0.15, 0.2) is 18.2 Å². The predicted octanol–water partition coefficient (Wildman–Crippen LogP) is 2.06. The fourth-order valence-electron chi connectivity index (χ4n) is 2.45. The van der Waals surface area contributed by atoms with Crippen LogP contribution >= 0.6 is 0 Å². The zero-order chi connectivity index (χ0) is 15.2. The molecule has 1 aliphatic carbocycles. The van der Waals surface area contributed by atoms with Crippen LogP contribution in [0, 0.1) is 10.1 Å². The van der Waals surface area contributed by atoms with Crippen LogP contribution in [0.25, 0.3) is 0 Å². The Labute approximate surface area is 122 Å². The molecule has 0 radical (unpaired) electrons. The largest absolute Gasteiger partial charge is 0.377 e. The highest BCUT2D eigenvalue weighted by Gasteiger charge is 2.17. The number of nitrogens with zero attached hydrogens (tertiary/aromatic N) is 1. The van der Waals surface area contributed by atoms with Gasteiger partial charge in [-0.15, -0.1) is 0 Å². The number of ether oxygens (including phenoxy) is 1. The molecule has 0 spiro atoms. The van der Waals surface area contributed by atoms with Gasteiger partial charge in [0.2, 0.25) is 5.91 Å². The smallest absolute Gasteiger partial charge is 0.293 e. The Kier molecular flexibility index (Phi) is 5.10. The van der Waals surface area contributed by atoms with Gasteiger partial charge in [0.05, 0.1) is 17.6 Å². The van der Waals surface area contributed by atoms with Crippen molar-refractivity contribution in [3.05, 3.63) is 33.9 Å². The standard InChI is InChI=1S/C14H19N3O4/c15-14(18)10-5-6-12(13(9-10)17(19)20)16-7-8-21-11-3-1-2-4-11/h5-6,9,11,16H,1-4,7-8H2,(H2,15,18). The summed E-state index contributed by atoms with van der Waals surface area (Å²) in [6.07, 6.45) is 4.91. The van der Waals surface area contributed by atoms with Crippen molar-refractivity contribution in [1.29, 1.82) is 0 Å². The van der Waals surface area contributed by atoms with Gasteiger partial charge >= 0.3 is 0 Å². The topological polar surface area (TPSA) is 107 Å². The van der Waals surface area contributed by atoms with E-state index in [1.54, 1.807) is 0 Å². The number of benzene rings is 1. The molecule has 1 saturated carbocycles. The first-order valence-electron chi connectivity index (χ1n) is 7.01. The molecule has 1 fully saturated rings. The fraction of sp³-hybridized carbons (Fsp3) is 0.500. The van der Waals surface area contributed by atoms with Crippen molar-refractivity contribution in [1.82, 2.24) is 0 Å². The van der Waals surface area contributed by atoms with Crippen LogP contribution in [0.5, 0.6) is 0 Å². The number of nitrogens with one attached hydrogen (secondary N) is 1. The highest BCUT2D eigenvalue weighted by molar-refractivity contribution is 5.94. The summed E-state index contributed by atoms with van der Waals surface area (Å²) in [5, 5.41) is 14.0. The van der Waals surface area contributed by atoms with Crippen molar-refractivity contribution in [2.45, 2.75) is 31.8 Å². The quantitative estimate of drug-likeness (QED) is 0.454. The third-order valence-electron chi connectivity index (χ3n) is 3.55. The third kappa shape index (κ3) is 4.16. The number of amides is 1. The first-order valence-corrected chi connectivity index (χ1v) is 7.01. The number of carbonyl (C=O) groups is 1. The second kappa shape index (κ2) is 7.03. The van der Waals surface area contributed by atoms with E-state index >= 15 is 0 Å². The number of nitro groups is 1. The molecule has 0 heterocycles. The molecule has 7 nitrogen and oxygen atoms in total. The minimum atomic E-state index is -0.686. The fourth-order valence-corrected chi connectivity index (χ4v) is 2.45. The highest BCUT2D eigenvalue weighted by Crippen LogP contribution is 2.25. The third-order valence-corrected chi connectivity index (χ3v) is 3.55. The van der Waals surface area contributed by atoms with E-state index in [9.17, 15) is 14.9 Å². The molecule has 2 rings (SSSR count). The lowest BCUT2D eigenvalue weighted by Crippen LogP contribution is -2.16. The maximum Gasteiger partial charge on any atom is 0.293 e. The average Bonchev–Trinajstić information content (AvgIpc) is 2.96. The molecule has 7 heteroatoms. The van der Waals surface area contributed by atoms with E-state index in [0.717, 1.165) is 12.8 Å². The minimum Gasteiger partial charge on any atom is -0.377 e. The number of nitrogens with two attached hydrogens (primary N) is 1. The summed E-state index contributed by atoms with van der Waals surface area (Å²) >= 11 is 0. The normalized spacial score (nSPS) is 15.0. The number of primary amides is 1. The molecular formula is C14H19N3O4. The van der Waals surface area contributed by atoms with Crippen LogP contribution in [0.4, 0.5) is 11.4 Å². The number of rotatable bonds is 7. The Morgan fingerprint density at radius 2 is 2.14 bits per heavy atom. The van der Waals surface area contributed by atoms with Gasteiger partial charge in [-0.3, -0.25) is 14.9 Å². The van der Waals surface area contributed by atoms with Gasteiger partial charge < -0.3 is 15.8 Å². The van der Waals surface area contributed by atoms with Gasteiger partial charge in [0.25, 0.3) is 5.69 Å². The van der Waals surface area contributed by atoms with E-state index in [4.69, 9.17) is 10.5 Å². The zero-order valence-electron chi connectivity index (χ0n) is 11.7. The summed E-state index contributed by atoms with van der Waals surface area (Å²) in [6, 6.07) is 4.14. The summed E-state index contributed by atoms with van der Waals surface area (Å²) < 4.78 is 5.68. The number of hydrogen-bond acceptors (Lipinski definition) is 5. The molecule has 114 valence electrons. The average molecular weight is 293 g/mol. The predicted molar refractivity (Wildman–Crippen MR) is 78.3 cm³/mol. The second-order valence-electron chi connectivity index (χ2n) is 5.06. The number of hydrogen-bond donors (Lipinski definition) is 2. The number of anilines is 1. The number of carbonyl (C=O) groups excluding carboxylic acids is 1. The van der Waals surface area contributed by atoms with Gasteiger partial charge in [-0.05, 0) is 25.0 Å². The van der Waals surface area contributed by atoms with Gasteiger partial charge in [-0.2, -0.15) is 0 Å². The molecule has 1 aromatic rings. The lowest BCUT2D eigenvalue weighted by Gasteiger charge is -2.12. The summed E-state index contributed by atoms with van der Waals surface area (Å²) in [5.41, 5.74) is 5.44. The van der Waals surface area contributed by atoms with Crippen molar-refractivity contribution < 1.29 is 14.5 Å². The van der Waals surface area contributed by atoms with Crippen molar-refractivity contribution in [3.63, 3.8) is 0 Å². The Morgan fingerprint density at radius 3 is 2.76 bits per heavy atom. The van der Waals surface area contributed by atoms with Crippen molar-refractivity contribution in [2.24, 2.45) is 5.73 Å². The Morgan fingerprint density at radius 1 is 1.43 bits per heavy atom. The summed E-state index contributed by atoms with van der Waals surface area (Å²) in [7, 11) is 0. The molecule has 0 unspecified atom stereocenters. The van der Waals surface area contributed by atoms with Crippen molar-refractivity contribution in [2.75, 3.05) is 18.5 Å². The number of nitro benzene ring substituents is 1. The van der Waals surface area contributed by atoms with Crippen LogP contribution in [-0.4, -0.2) is 30.1 Å². The molecule has 1 aromatic carbocycles. The van der Waals surface area contributed by atoms with Crippen LogP contribution in [-0.2, 0) is 4.74 Å². The Bertz CT molecular complexity index is 527. The zero-order valence-corrected chi connectivity index (χ0v) is 11.7. The van der Waals surface area contributed by atoms with Crippen molar-refractivity contribution >= 4 is 17.3 Å². The Hall–Kier alpha value is -2.15. The van der Waals surface area contributed by atoms with Gasteiger partial charge in [0, 0.05) is 18.2 Å². The molecule has 0 bridgehead atoms. The van der Waals surface area contributed by atoms with Gasteiger partial charge in [0.15, 0.2) is 0 Å². The monoisotopic (exact) mass is 293 g/mol. The summed E-state index contributed by atoms with van der Waals surface area (Å²) in [6.45, 7) is 0.979. The van der Waals surface area contributed by atoms with Crippen LogP contribution in [0.1, 0.15) is 36.0 Å².